The maximum atomic E-state index is 13.6. The van der Waals surface area contributed by atoms with Gasteiger partial charge in [0.1, 0.15) is 11.4 Å². The predicted octanol–water partition coefficient (Wildman–Crippen LogP) is 7.05. The highest BCUT2D eigenvalue weighted by molar-refractivity contribution is 5.92. The third kappa shape index (κ3) is 4.61. The van der Waals surface area contributed by atoms with E-state index >= 15 is 0 Å². The number of carbonyl (C=O) groups is 1. The van der Waals surface area contributed by atoms with Crippen molar-refractivity contribution in [3.05, 3.63) is 166 Å². The molecule has 0 unspecified atom stereocenters. The van der Waals surface area contributed by atoms with Crippen LogP contribution in [0.3, 0.4) is 0 Å². The van der Waals surface area contributed by atoms with E-state index in [4.69, 9.17) is 14.9 Å². The highest BCUT2D eigenvalue weighted by atomic mass is 19.1. The molecule has 2 heterocycles. The number of esters is 1. The topological polar surface area (TPSA) is 61.9 Å². The van der Waals surface area contributed by atoms with Gasteiger partial charge in [0.05, 0.1) is 24.5 Å². The first-order valence-electron chi connectivity index (χ1n) is 14.9. The van der Waals surface area contributed by atoms with Crippen molar-refractivity contribution in [3.8, 4) is 11.3 Å². The summed E-state index contributed by atoms with van der Waals surface area (Å²) in [6.45, 7) is 2.36. The lowest BCUT2D eigenvalue weighted by Crippen LogP contribution is -2.38. The number of hydrogen-bond acceptors (Lipinski definition) is 4. The van der Waals surface area contributed by atoms with Crippen LogP contribution in [0.1, 0.15) is 50.9 Å². The minimum absolute atomic E-state index is 0.256. The highest BCUT2D eigenvalue weighted by Crippen LogP contribution is 2.43. The van der Waals surface area contributed by atoms with Crippen molar-refractivity contribution >= 4 is 5.97 Å². The van der Waals surface area contributed by atoms with Gasteiger partial charge in [-0.25, -0.2) is 9.18 Å². The van der Waals surface area contributed by atoms with Crippen molar-refractivity contribution in [1.29, 1.82) is 0 Å². The van der Waals surface area contributed by atoms with Crippen molar-refractivity contribution in [2.75, 3.05) is 6.61 Å². The average Bonchev–Trinajstić information content (AvgIpc) is 3.66. The Hall–Kier alpha value is -5.30. The number of aromatic nitrogens is 4. The molecule has 0 amide bonds. The third-order valence-corrected chi connectivity index (χ3v) is 8.34. The molecule has 0 saturated carbocycles. The molecule has 0 fully saturated rings. The molecule has 2 aromatic heterocycles. The van der Waals surface area contributed by atoms with Crippen LogP contribution in [0.4, 0.5) is 4.39 Å². The number of hydrogen-bond donors (Lipinski definition) is 0. The zero-order valence-corrected chi connectivity index (χ0v) is 24.4. The number of halogens is 1. The number of nitrogens with zero attached hydrogens (tertiary/aromatic N) is 4. The fourth-order valence-corrected chi connectivity index (χ4v) is 6.40. The number of carbonyl (C=O) groups excluding carboxylic acids is 1. The molecule has 0 aliphatic heterocycles. The van der Waals surface area contributed by atoms with E-state index in [-0.39, 0.29) is 12.4 Å². The summed E-state index contributed by atoms with van der Waals surface area (Å²) in [7, 11) is 0. The molecule has 6 aromatic rings. The normalized spacial score (nSPS) is 12.4. The van der Waals surface area contributed by atoms with Gasteiger partial charge in [0.15, 0.2) is 5.69 Å². The number of ether oxygens (including phenoxy) is 1. The van der Waals surface area contributed by atoms with Crippen LogP contribution in [0.5, 0.6) is 0 Å². The largest absolute Gasteiger partial charge is 0.461 e. The molecule has 0 atom stereocenters. The summed E-state index contributed by atoms with van der Waals surface area (Å²) >= 11 is 0. The Morgan fingerprint density at radius 1 is 0.795 bits per heavy atom. The Balaban J connectivity index is 1.44. The Morgan fingerprint density at radius 2 is 1.36 bits per heavy atom. The number of fused-ring (bicyclic) bond motifs is 3. The van der Waals surface area contributed by atoms with E-state index in [9.17, 15) is 9.18 Å². The predicted molar refractivity (Wildman–Crippen MR) is 167 cm³/mol. The van der Waals surface area contributed by atoms with Gasteiger partial charge in [-0.1, -0.05) is 103 Å². The zero-order valence-electron chi connectivity index (χ0n) is 24.4. The van der Waals surface area contributed by atoms with E-state index in [1.165, 1.54) is 12.1 Å². The van der Waals surface area contributed by atoms with E-state index in [2.05, 4.69) is 83.7 Å². The Labute approximate surface area is 255 Å². The van der Waals surface area contributed by atoms with Crippen molar-refractivity contribution in [1.82, 2.24) is 19.6 Å². The second-order valence-electron chi connectivity index (χ2n) is 10.9. The van der Waals surface area contributed by atoms with Gasteiger partial charge in [-0.05, 0) is 54.2 Å². The van der Waals surface area contributed by atoms with Gasteiger partial charge in [-0.2, -0.15) is 10.2 Å². The van der Waals surface area contributed by atoms with Crippen LogP contribution in [0.2, 0.25) is 0 Å². The van der Waals surface area contributed by atoms with Crippen LogP contribution in [-0.2, 0) is 29.7 Å². The molecule has 4 aromatic carbocycles. The lowest BCUT2D eigenvalue weighted by atomic mass is 9.77. The fourth-order valence-electron chi connectivity index (χ4n) is 6.40. The maximum Gasteiger partial charge on any atom is 0.356 e. The van der Waals surface area contributed by atoms with Gasteiger partial charge in [0, 0.05) is 17.3 Å². The smallest absolute Gasteiger partial charge is 0.356 e. The molecule has 0 N–H and O–H groups in total. The highest BCUT2D eigenvalue weighted by Gasteiger charge is 2.41. The summed E-state index contributed by atoms with van der Waals surface area (Å²) < 4.78 is 22.9. The third-order valence-electron chi connectivity index (χ3n) is 8.34. The van der Waals surface area contributed by atoms with Crippen LogP contribution in [0.15, 0.2) is 121 Å². The van der Waals surface area contributed by atoms with Crippen LogP contribution < -0.4 is 0 Å². The summed E-state index contributed by atoms with van der Waals surface area (Å²) in [4.78, 5) is 13.3. The first-order chi connectivity index (χ1) is 21.6. The van der Waals surface area contributed by atoms with Gasteiger partial charge in [-0.15, -0.1) is 0 Å². The van der Waals surface area contributed by atoms with Crippen LogP contribution in [0.25, 0.3) is 11.3 Å². The lowest BCUT2D eigenvalue weighted by molar-refractivity contribution is 0.0511. The average molecular weight is 583 g/mol. The van der Waals surface area contributed by atoms with Crippen molar-refractivity contribution < 1.29 is 13.9 Å². The zero-order chi connectivity index (χ0) is 30.1. The Morgan fingerprint density at radius 3 is 1.91 bits per heavy atom. The van der Waals surface area contributed by atoms with Crippen LogP contribution >= 0.6 is 0 Å². The standard InChI is InChI=1S/C37H31FN4O2/c1-2-44-36(43)35-31-22-23-33-32(34(31)40-41(35)24-26-18-20-30(38)21-19-26)25-42(39-33)37(27-12-6-3-7-13-27,28-14-8-4-9-15-28)29-16-10-5-11-17-29/h3-21,25H,2,22-24H2,1H3. The Bertz CT molecular complexity index is 1820. The Kier molecular flexibility index (Phi) is 7.14. The minimum Gasteiger partial charge on any atom is -0.461 e. The first kappa shape index (κ1) is 27.5. The molecule has 1 aliphatic carbocycles. The van der Waals surface area contributed by atoms with E-state index in [0.717, 1.165) is 44.8 Å². The second kappa shape index (κ2) is 11.4. The molecule has 44 heavy (non-hydrogen) atoms. The number of benzene rings is 4. The van der Waals surface area contributed by atoms with Gasteiger partial charge < -0.3 is 4.74 Å². The summed E-state index contributed by atoms with van der Waals surface area (Å²) in [5.41, 5.74) is 7.13. The van der Waals surface area contributed by atoms with Crippen LogP contribution in [-0.4, -0.2) is 32.1 Å². The van der Waals surface area contributed by atoms with Gasteiger partial charge in [-0.3, -0.25) is 9.36 Å². The van der Waals surface area contributed by atoms with Crippen molar-refractivity contribution in [3.63, 3.8) is 0 Å². The maximum absolute atomic E-state index is 13.6. The van der Waals surface area contributed by atoms with Crippen LogP contribution in [0, 0.1) is 5.82 Å². The molecule has 0 bridgehead atoms. The quantitative estimate of drug-likeness (QED) is 0.143. The molecular weight excluding hydrogens is 551 g/mol. The van der Waals surface area contributed by atoms with E-state index in [1.807, 2.05) is 18.2 Å². The van der Waals surface area contributed by atoms with Crippen molar-refractivity contribution in [2.24, 2.45) is 0 Å². The summed E-state index contributed by atoms with van der Waals surface area (Å²) in [5.74, 6) is -0.721. The number of aryl methyl sites for hydroxylation is 1. The minimum atomic E-state index is -0.762. The molecule has 0 spiro atoms. The summed E-state index contributed by atoms with van der Waals surface area (Å²) in [6.07, 6.45) is 3.33. The van der Waals surface area contributed by atoms with Gasteiger partial charge >= 0.3 is 5.97 Å². The first-order valence-corrected chi connectivity index (χ1v) is 14.9. The molecule has 1 aliphatic rings. The summed E-state index contributed by atoms with van der Waals surface area (Å²) in [5, 5.41) is 10.3. The summed E-state index contributed by atoms with van der Waals surface area (Å²) in [6, 6.07) is 37.5. The van der Waals surface area contributed by atoms with Gasteiger partial charge in [0.2, 0.25) is 0 Å². The van der Waals surface area contributed by atoms with E-state index < -0.39 is 11.5 Å². The molecule has 7 rings (SSSR count). The molecule has 0 saturated heterocycles. The molecule has 7 heteroatoms. The number of rotatable bonds is 8. The molecular formula is C37H31FN4O2. The fraction of sp³-hybridized carbons (Fsp3) is 0.162. The van der Waals surface area contributed by atoms with E-state index in [0.29, 0.717) is 25.1 Å². The van der Waals surface area contributed by atoms with Crippen molar-refractivity contribution in [2.45, 2.75) is 31.8 Å². The molecule has 0 radical (unpaired) electrons. The monoisotopic (exact) mass is 582 g/mol. The molecule has 6 nitrogen and oxygen atoms in total. The SMILES string of the molecule is CCOC(=O)c1c2c(nn1Cc1ccc(F)cc1)-c1cn(C(c3ccccc3)(c3ccccc3)c3ccccc3)nc1CC2. The van der Waals surface area contributed by atoms with E-state index in [1.54, 1.807) is 23.7 Å². The van der Waals surface area contributed by atoms with Gasteiger partial charge in [0.25, 0.3) is 0 Å². The lowest BCUT2D eigenvalue weighted by Gasteiger charge is -2.36. The second-order valence-corrected chi connectivity index (χ2v) is 10.9. The molecule has 218 valence electrons.